The van der Waals surface area contributed by atoms with Crippen molar-refractivity contribution in [3.05, 3.63) is 60.4 Å². The summed E-state index contributed by atoms with van der Waals surface area (Å²) in [5, 5.41) is 11.8. The molecule has 2 aromatic heterocycles. The number of nitrogens with one attached hydrogen (secondary N) is 2. The number of ether oxygens (including phenoxy) is 1. The van der Waals surface area contributed by atoms with Gasteiger partial charge in [-0.15, -0.1) is 11.8 Å². The largest absolute Gasteiger partial charge is 0.497 e. The monoisotopic (exact) mass is 451 g/mol. The average Bonchev–Trinajstić information content (AvgIpc) is 3.41. The summed E-state index contributed by atoms with van der Waals surface area (Å²) in [4.78, 5) is 19.7. The number of H-pyrrole nitrogens is 1. The molecule has 168 valence electrons. The third-order valence-electron chi connectivity index (χ3n) is 5.49. The molecule has 4 rings (SSSR count). The van der Waals surface area contributed by atoms with E-state index in [0.717, 1.165) is 40.6 Å². The first kappa shape index (κ1) is 22.4. The minimum Gasteiger partial charge on any atom is -0.497 e. The highest BCUT2D eigenvalue weighted by atomic mass is 32.2. The Kier molecular flexibility index (Phi) is 7.12. The molecule has 1 amide bonds. The minimum atomic E-state index is -0.183. The topological polar surface area (TPSA) is 83.1 Å². The van der Waals surface area contributed by atoms with Gasteiger partial charge in [0, 0.05) is 41.7 Å². The molecule has 8 heteroatoms. The van der Waals surface area contributed by atoms with E-state index in [1.54, 1.807) is 18.9 Å². The molecule has 32 heavy (non-hydrogen) atoms. The maximum absolute atomic E-state index is 13.0. The molecular weight excluding hydrogens is 422 g/mol. The third-order valence-corrected chi connectivity index (χ3v) is 6.65. The number of nitrogens with zero attached hydrogens (tertiary/aromatic N) is 3. The van der Waals surface area contributed by atoms with Gasteiger partial charge < -0.3 is 10.1 Å². The van der Waals surface area contributed by atoms with Gasteiger partial charge in [-0.25, -0.2) is 4.98 Å². The molecule has 0 saturated carbocycles. The second-order valence-corrected chi connectivity index (χ2v) is 9.57. The van der Waals surface area contributed by atoms with Crippen LogP contribution in [0.2, 0.25) is 0 Å². The molecule has 1 aromatic carbocycles. The van der Waals surface area contributed by atoms with Gasteiger partial charge in [0.2, 0.25) is 5.91 Å². The number of amides is 1. The molecule has 7 nitrogen and oxygen atoms in total. The van der Waals surface area contributed by atoms with E-state index < -0.39 is 0 Å². The Labute approximate surface area is 193 Å². The molecule has 1 aliphatic heterocycles. The van der Waals surface area contributed by atoms with Crippen LogP contribution in [0.3, 0.4) is 0 Å². The number of thioether (sulfide) groups is 1. The zero-order chi connectivity index (χ0) is 22.5. The van der Waals surface area contributed by atoms with Crippen molar-refractivity contribution in [3.63, 3.8) is 0 Å². The van der Waals surface area contributed by atoms with Crippen LogP contribution in [0.25, 0.3) is 11.3 Å². The molecule has 0 aliphatic carbocycles. The first-order chi connectivity index (χ1) is 15.5. The van der Waals surface area contributed by atoms with Crippen LogP contribution in [0.5, 0.6) is 5.75 Å². The highest BCUT2D eigenvalue weighted by Crippen LogP contribution is 2.34. The van der Waals surface area contributed by atoms with Crippen molar-refractivity contribution in [1.29, 1.82) is 0 Å². The Balaban J connectivity index is 1.53. The fourth-order valence-electron chi connectivity index (χ4n) is 4.02. The Morgan fingerprint density at radius 1 is 1.28 bits per heavy atom. The van der Waals surface area contributed by atoms with Gasteiger partial charge in [0.25, 0.3) is 0 Å². The van der Waals surface area contributed by atoms with Crippen LogP contribution in [0.15, 0.2) is 59.9 Å². The van der Waals surface area contributed by atoms with Crippen LogP contribution >= 0.6 is 11.8 Å². The van der Waals surface area contributed by atoms with Crippen molar-refractivity contribution in [2.75, 3.05) is 13.7 Å². The number of benzene rings is 1. The van der Waals surface area contributed by atoms with E-state index in [2.05, 4.69) is 25.4 Å². The van der Waals surface area contributed by atoms with Gasteiger partial charge in [-0.1, -0.05) is 6.07 Å². The standard InChI is InChI=1S/C24H29N5O2S/c1-16(2)27-24(30)21-12-20(32-22-6-4-5-11-25-22)15-29(21)14-18-13-26-28-23(18)17-7-9-19(31-3)10-8-17/h4-11,13,16,20-21H,12,14-15H2,1-3H3,(H,26,28)(H,27,30)/t20-,21+/m1/s1. The van der Waals surface area contributed by atoms with Crippen molar-refractivity contribution >= 4 is 17.7 Å². The van der Waals surface area contributed by atoms with Crippen LogP contribution in [0.1, 0.15) is 25.8 Å². The normalized spacial score (nSPS) is 18.8. The van der Waals surface area contributed by atoms with Crippen LogP contribution in [0, 0.1) is 0 Å². The minimum absolute atomic E-state index is 0.0820. The average molecular weight is 452 g/mol. The predicted octanol–water partition coefficient (Wildman–Crippen LogP) is 3.74. The molecule has 0 unspecified atom stereocenters. The molecule has 0 bridgehead atoms. The molecule has 3 heterocycles. The van der Waals surface area contributed by atoms with Crippen LogP contribution in [-0.2, 0) is 11.3 Å². The van der Waals surface area contributed by atoms with Crippen molar-refractivity contribution in [1.82, 2.24) is 25.4 Å². The van der Waals surface area contributed by atoms with E-state index in [-0.39, 0.29) is 18.0 Å². The van der Waals surface area contributed by atoms with E-state index in [0.29, 0.717) is 11.8 Å². The zero-order valence-electron chi connectivity index (χ0n) is 18.6. The molecule has 1 aliphatic rings. The number of pyridine rings is 1. The summed E-state index contributed by atoms with van der Waals surface area (Å²) in [7, 11) is 1.66. The van der Waals surface area contributed by atoms with Gasteiger partial charge in [0.15, 0.2) is 0 Å². The number of hydrogen-bond donors (Lipinski definition) is 2. The Bertz CT molecular complexity index is 1020. The molecule has 2 atom stereocenters. The maximum atomic E-state index is 13.0. The number of carbonyl (C=O) groups excluding carboxylic acids is 1. The van der Waals surface area contributed by atoms with E-state index in [1.165, 1.54) is 0 Å². The summed E-state index contributed by atoms with van der Waals surface area (Å²) in [5.74, 6) is 0.896. The van der Waals surface area contributed by atoms with Crippen molar-refractivity contribution < 1.29 is 9.53 Å². The summed E-state index contributed by atoms with van der Waals surface area (Å²) >= 11 is 1.74. The number of rotatable bonds is 8. The molecule has 3 aromatic rings. The second-order valence-electron chi connectivity index (χ2n) is 8.25. The highest BCUT2D eigenvalue weighted by Gasteiger charge is 2.38. The lowest BCUT2D eigenvalue weighted by molar-refractivity contribution is -0.126. The summed E-state index contributed by atoms with van der Waals surface area (Å²) in [6.45, 7) is 5.45. The fraction of sp³-hybridized carbons (Fsp3) is 0.375. The van der Waals surface area contributed by atoms with Crippen molar-refractivity contribution in [2.24, 2.45) is 0 Å². The summed E-state index contributed by atoms with van der Waals surface area (Å²) in [6.07, 6.45) is 4.45. The molecule has 0 spiro atoms. The van der Waals surface area contributed by atoms with Gasteiger partial charge >= 0.3 is 0 Å². The number of aromatic amines is 1. The lowest BCUT2D eigenvalue weighted by atomic mass is 10.1. The Morgan fingerprint density at radius 3 is 2.78 bits per heavy atom. The number of aromatic nitrogens is 3. The van der Waals surface area contributed by atoms with Crippen LogP contribution < -0.4 is 10.1 Å². The molecular formula is C24H29N5O2S. The van der Waals surface area contributed by atoms with Crippen molar-refractivity contribution in [3.8, 4) is 17.0 Å². The first-order valence-electron chi connectivity index (χ1n) is 10.8. The Morgan fingerprint density at radius 2 is 2.09 bits per heavy atom. The zero-order valence-corrected chi connectivity index (χ0v) is 19.4. The smallest absolute Gasteiger partial charge is 0.237 e. The maximum Gasteiger partial charge on any atom is 0.237 e. The summed E-state index contributed by atoms with van der Waals surface area (Å²) in [6, 6.07) is 13.8. The second kappa shape index (κ2) is 10.2. The molecule has 1 fully saturated rings. The van der Waals surface area contributed by atoms with E-state index in [9.17, 15) is 4.79 Å². The molecule has 0 radical (unpaired) electrons. The van der Waals surface area contributed by atoms with E-state index in [4.69, 9.17) is 4.74 Å². The van der Waals surface area contributed by atoms with Gasteiger partial charge in [0.05, 0.1) is 30.1 Å². The number of carbonyl (C=O) groups is 1. The molecule has 2 N–H and O–H groups in total. The number of methoxy groups -OCH3 is 1. The van der Waals surface area contributed by atoms with E-state index in [1.807, 2.05) is 68.7 Å². The fourth-order valence-corrected chi connectivity index (χ4v) is 5.18. The lowest BCUT2D eigenvalue weighted by Gasteiger charge is -2.24. The third kappa shape index (κ3) is 5.31. The number of hydrogen-bond acceptors (Lipinski definition) is 6. The lowest BCUT2D eigenvalue weighted by Crippen LogP contribution is -2.45. The van der Waals surface area contributed by atoms with Crippen LogP contribution in [0.4, 0.5) is 0 Å². The summed E-state index contributed by atoms with van der Waals surface area (Å²) < 4.78 is 5.27. The van der Waals surface area contributed by atoms with E-state index >= 15 is 0 Å². The summed E-state index contributed by atoms with van der Waals surface area (Å²) in [5.41, 5.74) is 3.08. The first-order valence-corrected chi connectivity index (χ1v) is 11.7. The van der Waals surface area contributed by atoms with Crippen molar-refractivity contribution in [2.45, 2.75) is 49.2 Å². The quantitative estimate of drug-likeness (QED) is 0.543. The van der Waals surface area contributed by atoms with Gasteiger partial charge in [-0.05, 0) is 56.7 Å². The van der Waals surface area contributed by atoms with Gasteiger partial charge in [-0.3, -0.25) is 14.8 Å². The van der Waals surface area contributed by atoms with Gasteiger partial charge in [0.1, 0.15) is 5.75 Å². The predicted molar refractivity (Wildman–Crippen MR) is 127 cm³/mol. The van der Waals surface area contributed by atoms with Crippen LogP contribution in [-0.4, -0.2) is 57.0 Å². The Hall–Kier alpha value is -2.84. The number of likely N-dealkylation sites (tertiary alicyclic amines) is 1. The van der Waals surface area contributed by atoms with Gasteiger partial charge in [-0.2, -0.15) is 5.10 Å². The SMILES string of the molecule is COc1ccc(-c2[nH]ncc2CN2C[C@H](Sc3ccccn3)C[C@H]2C(=O)NC(C)C)cc1. The highest BCUT2D eigenvalue weighted by molar-refractivity contribution is 7.99. The molecule has 1 saturated heterocycles.